The maximum absolute atomic E-state index is 12.3. The monoisotopic (exact) mass is 334 g/mol. The summed E-state index contributed by atoms with van der Waals surface area (Å²) in [6, 6.07) is 3.29. The summed E-state index contributed by atoms with van der Waals surface area (Å²) in [5, 5.41) is 8.14. The molecule has 2 aromatic rings. The third-order valence-corrected chi connectivity index (χ3v) is 4.49. The Kier molecular flexibility index (Phi) is 4.92. The number of aromatic nitrogens is 1. The Labute approximate surface area is 137 Å². The van der Waals surface area contributed by atoms with E-state index < -0.39 is 0 Å². The van der Waals surface area contributed by atoms with Crippen molar-refractivity contribution in [2.45, 2.75) is 25.4 Å². The number of nitrogens with one attached hydrogen (secondary N) is 2. The molecule has 23 heavy (non-hydrogen) atoms. The van der Waals surface area contributed by atoms with Gasteiger partial charge in [0.05, 0.1) is 19.4 Å². The average Bonchev–Trinajstić information content (AvgIpc) is 3.31. The van der Waals surface area contributed by atoms with Crippen molar-refractivity contribution < 1.29 is 14.0 Å². The zero-order valence-corrected chi connectivity index (χ0v) is 13.3. The van der Waals surface area contributed by atoms with E-state index in [0.717, 1.165) is 24.5 Å². The van der Waals surface area contributed by atoms with Crippen LogP contribution in [0.1, 0.15) is 18.6 Å². The van der Waals surface area contributed by atoms with Gasteiger partial charge in [-0.05, 0) is 25.0 Å². The molecule has 0 spiro atoms. The van der Waals surface area contributed by atoms with Gasteiger partial charge in [-0.25, -0.2) is 4.98 Å². The van der Waals surface area contributed by atoms with Gasteiger partial charge in [-0.1, -0.05) is 0 Å². The molecule has 2 N–H and O–H groups in total. The van der Waals surface area contributed by atoms with Crippen molar-refractivity contribution in [3.05, 3.63) is 35.7 Å². The van der Waals surface area contributed by atoms with Gasteiger partial charge in [0.15, 0.2) is 5.13 Å². The SMILES string of the molecule is O=C(CNC(=O)[C@H]1CCCN1c1nccs1)NCc1ccco1. The minimum Gasteiger partial charge on any atom is -0.467 e. The van der Waals surface area contributed by atoms with Gasteiger partial charge in [0.25, 0.3) is 0 Å². The number of amides is 2. The summed E-state index contributed by atoms with van der Waals surface area (Å²) in [5.41, 5.74) is 0. The van der Waals surface area contributed by atoms with Crippen LogP contribution in [0.15, 0.2) is 34.4 Å². The van der Waals surface area contributed by atoms with Gasteiger partial charge in [-0.15, -0.1) is 11.3 Å². The van der Waals surface area contributed by atoms with Crippen molar-refractivity contribution in [3.8, 4) is 0 Å². The summed E-state index contributed by atoms with van der Waals surface area (Å²) in [5.74, 6) is 0.301. The van der Waals surface area contributed by atoms with Crippen LogP contribution in [0.25, 0.3) is 0 Å². The molecule has 0 aliphatic carbocycles. The smallest absolute Gasteiger partial charge is 0.243 e. The van der Waals surface area contributed by atoms with Crippen molar-refractivity contribution in [1.29, 1.82) is 0 Å². The predicted molar refractivity (Wildman–Crippen MR) is 86.0 cm³/mol. The van der Waals surface area contributed by atoms with Gasteiger partial charge >= 0.3 is 0 Å². The van der Waals surface area contributed by atoms with Crippen molar-refractivity contribution in [2.75, 3.05) is 18.0 Å². The number of carbonyl (C=O) groups is 2. The van der Waals surface area contributed by atoms with Crippen LogP contribution in [0.5, 0.6) is 0 Å². The average molecular weight is 334 g/mol. The maximum Gasteiger partial charge on any atom is 0.243 e. The first-order valence-corrected chi connectivity index (χ1v) is 8.35. The Morgan fingerprint density at radius 2 is 2.35 bits per heavy atom. The molecule has 0 aromatic carbocycles. The highest BCUT2D eigenvalue weighted by atomic mass is 32.1. The molecule has 3 heterocycles. The van der Waals surface area contributed by atoms with Crippen LogP contribution in [-0.2, 0) is 16.1 Å². The van der Waals surface area contributed by atoms with Crippen molar-refractivity contribution in [1.82, 2.24) is 15.6 Å². The topological polar surface area (TPSA) is 87.5 Å². The summed E-state index contributed by atoms with van der Waals surface area (Å²) in [6.07, 6.45) is 5.01. The molecule has 1 fully saturated rings. The van der Waals surface area contributed by atoms with Crippen LogP contribution in [-0.4, -0.2) is 35.9 Å². The number of nitrogens with zero attached hydrogens (tertiary/aromatic N) is 2. The molecular formula is C15H18N4O3S. The van der Waals surface area contributed by atoms with Crippen molar-refractivity contribution >= 4 is 28.3 Å². The molecule has 8 heteroatoms. The van der Waals surface area contributed by atoms with Gasteiger partial charge in [-0.2, -0.15) is 0 Å². The van der Waals surface area contributed by atoms with E-state index in [4.69, 9.17) is 4.42 Å². The van der Waals surface area contributed by atoms with Crippen LogP contribution in [0, 0.1) is 0 Å². The first kappa shape index (κ1) is 15.5. The highest BCUT2D eigenvalue weighted by Crippen LogP contribution is 2.27. The van der Waals surface area contributed by atoms with Crippen molar-refractivity contribution in [2.24, 2.45) is 0 Å². The minimum atomic E-state index is -0.251. The number of hydrogen-bond donors (Lipinski definition) is 2. The lowest BCUT2D eigenvalue weighted by Crippen LogP contribution is -2.46. The molecule has 2 aromatic heterocycles. The Balaban J connectivity index is 1.46. The standard InChI is InChI=1S/C15H18N4O3S/c20-13(17-9-11-3-2-7-22-11)10-18-14(21)12-4-1-6-19(12)15-16-5-8-23-15/h2-3,5,7-8,12H,1,4,6,9-10H2,(H,17,20)(H,18,21)/t12-/m1/s1. The normalized spacial score (nSPS) is 17.2. The van der Waals surface area contributed by atoms with Crippen LogP contribution in [0.3, 0.4) is 0 Å². The third-order valence-electron chi connectivity index (χ3n) is 3.68. The van der Waals surface area contributed by atoms with E-state index in [2.05, 4.69) is 15.6 Å². The van der Waals surface area contributed by atoms with Gasteiger partial charge in [-0.3, -0.25) is 9.59 Å². The molecular weight excluding hydrogens is 316 g/mol. The summed E-state index contributed by atoms with van der Waals surface area (Å²) < 4.78 is 5.13. The zero-order chi connectivity index (χ0) is 16.1. The quantitative estimate of drug-likeness (QED) is 0.827. The lowest BCUT2D eigenvalue weighted by Gasteiger charge is -2.22. The van der Waals surface area contributed by atoms with Crippen LogP contribution < -0.4 is 15.5 Å². The van der Waals surface area contributed by atoms with Crippen LogP contribution in [0.2, 0.25) is 0 Å². The fourth-order valence-corrected chi connectivity index (χ4v) is 3.29. The fraction of sp³-hybridized carbons (Fsp3) is 0.400. The van der Waals surface area contributed by atoms with Crippen molar-refractivity contribution in [3.63, 3.8) is 0 Å². The second kappa shape index (κ2) is 7.28. The van der Waals surface area contributed by atoms with Gasteiger partial charge in [0.1, 0.15) is 11.8 Å². The molecule has 0 radical (unpaired) electrons. The largest absolute Gasteiger partial charge is 0.467 e. The lowest BCUT2D eigenvalue weighted by atomic mass is 10.2. The Morgan fingerprint density at radius 1 is 1.43 bits per heavy atom. The number of rotatable bonds is 6. The summed E-state index contributed by atoms with van der Waals surface area (Å²) in [7, 11) is 0. The van der Waals surface area contributed by atoms with E-state index in [9.17, 15) is 9.59 Å². The fourth-order valence-electron chi connectivity index (χ4n) is 2.57. The van der Waals surface area contributed by atoms with E-state index >= 15 is 0 Å². The lowest BCUT2D eigenvalue weighted by molar-refractivity contribution is -0.126. The van der Waals surface area contributed by atoms with Crippen LogP contribution in [0.4, 0.5) is 5.13 Å². The van der Waals surface area contributed by atoms with Gasteiger partial charge in [0.2, 0.25) is 11.8 Å². The van der Waals surface area contributed by atoms with Crippen LogP contribution >= 0.6 is 11.3 Å². The molecule has 1 atom stereocenters. The van der Waals surface area contributed by atoms with E-state index in [-0.39, 0.29) is 24.4 Å². The molecule has 1 saturated heterocycles. The molecule has 3 rings (SSSR count). The first-order chi connectivity index (χ1) is 11.2. The zero-order valence-electron chi connectivity index (χ0n) is 12.5. The molecule has 2 amide bonds. The Bertz CT molecular complexity index is 642. The van der Waals surface area contributed by atoms with Gasteiger partial charge < -0.3 is 20.0 Å². The molecule has 0 unspecified atom stereocenters. The molecule has 1 aliphatic heterocycles. The van der Waals surface area contributed by atoms with Gasteiger partial charge in [0, 0.05) is 18.1 Å². The number of hydrogen-bond acceptors (Lipinski definition) is 6. The summed E-state index contributed by atoms with van der Waals surface area (Å²) >= 11 is 1.52. The number of thiazole rings is 1. The molecule has 1 aliphatic rings. The number of carbonyl (C=O) groups excluding carboxylic acids is 2. The predicted octanol–water partition coefficient (Wildman–Crippen LogP) is 1.14. The van der Waals surface area contributed by atoms with E-state index in [1.165, 1.54) is 11.3 Å². The molecule has 0 bridgehead atoms. The first-order valence-electron chi connectivity index (χ1n) is 7.47. The van der Waals surface area contributed by atoms with E-state index in [1.54, 1.807) is 24.6 Å². The van der Waals surface area contributed by atoms with E-state index in [0.29, 0.717) is 12.3 Å². The second-order valence-corrected chi connectivity index (χ2v) is 6.11. The van der Waals surface area contributed by atoms with E-state index in [1.807, 2.05) is 10.3 Å². The Morgan fingerprint density at radius 3 is 3.09 bits per heavy atom. The molecule has 7 nitrogen and oxygen atoms in total. The minimum absolute atomic E-state index is 0.0399. The Hall–Kier alpha value is -2.35. The number of furan rings is 1. The second-order valence-electron chi connectivity index (χ2n) is 5.24. The summed E-state index contributed by atoms with van der Waals surface area (Å²) in [6.45, 7) is 1.09. The highest BCUT2D eigenvalue weighted by Gasteiger charge is 2.32. The summed E-state index contributed by atoms with van der Waals surface area (Å²) in [4.78, 5) is 30.3. The number of anilines is 1. The molecule has 0 saturated carbocycles. The molecule has 122 valence electrons. The highest BCUT2D eigenvalue weighted by molar-refractivity contribution is 7.13. The third kappa shape index (κ3) is 3.89. The maximum atomic E-state index is 12.3.